The van der Waals surface area contributed by atoms with Crippen LogP contribution in [0, 0.1) is 6.92 Å². The molecule has 0 spiro atoms. The van der Waals surface area contributed by atoms with Crippen molar-refractivity contribution in [1.82, 2.24) is 15.5 Å². The molecule has 6 nitrogen and oxygen atoms in total. The lowest BCUT2D eigenvalue weighted by atomic mass is 10.0. The van der Waals surface area contributed by atoms with Gasteiger partial charge in [-0.2, -0.15) is 4.98 Å². The van der Waals surface area contributed by atoms with Gasteiger partial charge < -0.3 is 15.2 Å². The molecule has 2 aromatic rings. The fourth-order valence-electron chi connectivity index (χ4n) is 2.46. The van der Waals surface area contributed by atoms with Crippen LogP contribution < -0.4 is 10.6 Å². The van der Waals surface area contributed by atoms with E-state index in [-0.39, 0.29) is 24.4 Å². The van der Waals surface area contributed by atoms with Crippen molar-refractivity contribution in [1.29, 1.82) is 0 Å². The molecule has 1 amide bonds. The summed E-state index contributed by atoms with van der Waals surface area (Å²) >= 11 is 0. The molecule has 1 aliphatic heterocycles. The first-order valence-electron chi connectivity index (χ1n) is 7.17. The van der Waals surface area contributed by atoms with Crippen molar-refractivity contribution in [2.75, 3.05) is 11.9 Å². The van der Waals surface area contributed by atoms with Crippen molar-refractivity contribution in [3.63, 3.8) is 0 Å². The van der Waals surface area contributed by atoms with E-state index < -0.39 is 0 Å². The number of anilines is 1. The van der Waals surface area contributed by atoms with Crippen molar-refractivity contribution >= 4 is 24.0 Å². The highest BCUT2D eigenvalue weighted by atomic mass is 35.5. The Morgan fingerprint density at radius 1 is 1.41 bits per heavy atom. The van der Waals surface area contributed by atoms with Crippen LogP contribution in [0.5, 0.6) is 0 Å². The van der Waals surface area contributed by atoms with Gasteiger partial charge in [0.1, 0.15) is 0 Å². The summed E-state index contributed by atoms with van der Waals surface area (Å²) in [6.45, 7) is 2.65. The summed E-state index contributed by atoms with van der Waals surface area (Å²) in [5.74, 6) is 1.06. The molecule has 0 saturated carbocycles. The molecule has 0 radical (unpaired) electrons. The van der Waals surface area contributed by atoms with E-state index in [9.17, 15) is 4.79 Å². The molecule has 1 aromatic heterocycles. The average Bonchev–Trinajstić information content (AvgIpc) is 2.95. The van der Waals surface area contributed by atoms with Gasteiger partial charge in [0, 0.05) is 18.2 Å². The van der Waals surface area contributed by atoms with Crippen LogP contribution in [0.15, 0.2) is 28.8 Å². The summed E-state index contributed by atoms with van der Waals surface area (Å²) in [4.78, 5) is 16.4. The SMILES string of the molecule is Cc1nc(-c2cccc(NC(=O)C3CCCCN3)c2)no1.Cl. The van der Waals surface area contributed by atoms with Crippen LogP contribution in [-0.4, -0.2) is 28.6 Å². The van der Waals surface area contributed by atoms with Gasteiger partial charge in [0.15, 0.2) is 0 Å². The number of hydrogen-bond acceptors (Lipinski definition) is 5. The molecule has 0 aliphatic carbocycles. The molecule has 0 bridgehead atoms. The second-order valence-electron chi connectivity index (χ2n) is 5.21. The van der Waals surface area contributed by atoms with Gasteiger partial charge >= 0.3 is 0 Å². The molecule has 1 aliphatic rings. The van der Waals surface area contributed by atoms with Crippen molar-refractivity contribution in [2.45, 2.75) is 32.2 Å². The highest BCUT2D eigenvalue weighted by Crippen LogP contribution is 2.20. The van der Waals surface area contributed by atoms with E-state index in [4.69, 9.17) is 4.52 Å². The van der Waals surface area contributed by atoms with E-state index in [0.29, 0.717) is 11.7 Å². The van der Waals surface area contributed by atoms with Crippen LogP contribution in [0.4, 0.5) is 5.69 Å². The highest BCUT2D eigenvalue weighted by molar-refractivity contribution is 5.95. The second kappa shape index (κ2) is 7.38. The molecule has 118 valence electrons. The third kappa shape index (κ3) is 3.84. The molecule has 1 unspecified atom stereocenters. The van der Waals surface area contributed by atoms with Crippen LogP contribution >= 0.6 is 12.4 Å². The topological polar surface area (TPSA) is 80.0 Å². The van der Waals surface area contributed by atoms with E-state index >= 15 is 0 Å². The van der Waals surface area contributed by atoms with Gasteiger partial charge in [-0.1, -0.05) is 23.7 Å². The highest BCUT2D eigenvalue weighted by Gasteiger charge is 2.20. The Labute approximate surface area is 135 Å². The summed E-state index contributed by atoms with van der Waals surface area (Å²) in [5.41, 5.74) is 1.56. The third-order valence-corrected chi connectivity index (χ3v) is 3.54. The molecule has 1 saturated heterocycles. The van der Waals surface area contributed by atoms with Gasteiger partial charge in [0.05, 0.1) is 6.04 Å². The molecule has 1 atom stereocenters. The van der Waals surface area contributed by atoms with E-state index in [1.54, 1.807) is 6.92 Å². The minimum Gasteiger partial charge on any atom is -0.339 e. The second-order valence-corrected chi connectivity index (χ2v) is 5.21. The number of halogens is 1. The summed E-state index contributed by atoms with van der Waals surface area (Å²) in [7, 11) is 0. The third-order valence-electron chi connectivity index (χ3n) is 3.54. The van der Waals surface area contributed by atoms with Gasteiger partial charge in [-0.15, -0.1) is 12.4 Å². The number of aromatic nitrogens is 2. The van der Waals surface area contributed by atoms with Gasteiger partial charge in [-0.25, -0.2) is 0 Å². The quantitative estimate of drug-likeness (QED) is 0.907. The normalized spacial score (nSPS) is 17.6. The summed E-state index contributed by atoms with van der Waals surface area (Å²) in [6, 6.07) is 7.36. The fraction of sp³-hybridized carbons (Fsp3) is 0.400. The zero-order valence-electron chi connectivity index (χ0n) is 12.3. The monoisotopic (exact) mass is 322 g/mol. The Bertz CT molecular complexity index is 638. The Morgan fingerprint density at radius 3 is 2.95 bits per heavy atom. The standard InChI is InChI=1S/C15H18N4O2.ClH/c1-10-17-14(19-21-10)11-5-4-6-12(9-11)18-15(20)13-7-2-3-8-16-13;/h4-6,9,13,16H,2-3,7-8H2,1H3,(H,18,20);1H. The van der Waals surface area contributed by atoms with Gasteiger partial charge in [0.2, 0.25) is 17.6 Å². The maximum atomic E-state index is 12.2. The summed E-state index contributed by atoms with van der Waals surface area (Å²) in [6.07, 6.45) is 3.11. The first-order chi connectivity index (χ1) is 10.2. The van der Waals surface area contributed by atoms with Gasteiger partial charge in [-0.3, -0.25) is 4.79 Å². The lowest BCUT2D eigenvalue weighted by Crippen LogP contribution is -2.43. The Kier molecular flexibility index (Phi) is 5.51. The van der Waals surface area contributed by atoms with E-state index in [0.717, 1.165) is 37.1 Å². The number of nitrogens with zero attached hydrogens (tertiary/aromatic N) is 2. The molecular weight excluding hydrogens is 304 g/mol. The number of piperidine rings is 1. The lowest BCUT2D eigenvalue weighted by molar-refractivity contribution is -0.118. The summed E-state index contributed by atoms with van der Waals surface area (Å²) < 4.78 is 4.98. The van der Waals surface area contributed by atoms with E-state index in [2.05, 4.69) is 20.8 Å². The zero-order chi connectivity index (χ0) is 14.7. The largest absolute Gasteiger partial charge is 0.339 e. The summed E-state index contributed by atoms with van der Waals surface area (Å²) in [5, 5.41) is 10.1. The van der Waals surface area contributed by atoms with Crippen molar-refractivity contribution in [3.8, 4) is 11.4 Å². The van der Waals surface area contributed by atoms with E-state index in [1.807, 2.05) is 24.3 Å². The number of nitrogens with one attached hydrogen (secondary N) is 2. The average molecular weight is 323 g/mol. The smallest absolute Gasteiger partial charge is 0.241 e. The van der Waals surface area contributed by atoms with Gasteiger partial charge in [0.25, 0.3) is 0 Å². The number of amides is 1. The predicted octanol–water partition coefficient (Wildman–Crippen LogP) is 2.55. The number of rotatable bonds is 3. The van der Waals surface area contributed by atoms with Crippen molar-refractivity contribution in [2.24, 2.45) is 0 Å². The van der Waals surface area contributed by atoms with Crippen LogP contribution in [0.25, 0.3) is 11.4 Å². The lowest BCUT2D eigenvalue weighted by Gasteiger charge is -2.22. The Balaban J connectivity index is 0.00000176. The van der Waals surface area contributed by atoms with Crippen LogP contribution in [-0.2, 0) is 4.79 Å². The van der Waals surface area contributed by atoms with Crippen LogP contribution in [0.3, 0.4) is 0 Å². The van der Waals surface area contributed by atoms with Crippen molar-refractivity contribution < 1.29 is 9.32 Å². The molecular formula is C15H19ClN4O2. The minimum absolute atomic E-state index is 0. The van der Waals surface area contributed by atoms with Crippen LogP contribution in [0.2, 0.25) is 0 Å². The first-order valence-corrected chi connectivity index (χ1v) is 7.17. The Hall–Kier alpha value is -1.92. The number of hydrogen-bond donors (Lipinski definition) is 2. The molecule has 1 aromatic carbocycles. The Morgan fingerprint density at radius 2 is 2.27 bits per heavy atom. The fourth-order valence-corrected chi connectivity index (χ4v) is 2.46. The molecule has 3 rings (SSSR count). The maximum absolute atomic E-state index is 12.2. The number of carbonyl (C=O) groups is 1. The molecule has 7 heteroatoms. The molecule has 22 heavy (non-hydrogen) atoms. The van der Waals surface area contributed by atoms with E-state index in [1.165, 1.54) is 0 Å². The number of carbonyl (C=O) groups excluding carboxylic acids is 1. The van der Waals surface area contributed by atoms with Gasteiger partial charge in [-0.05, 0) is 31.5 Å². The maximum Gasteiger partial charge on any atom is 0.241 e. The number of benzene rings is 1. The van der Waals surface area contributed by atoms with Crippen molar-refractivity contribution in [3.05, 3.63) is 30.2 Å². The first kappa shape index (κ1) is 16.5. The zero-order valence-corrected chi connectivity index (χ0v) is 13.2. The van der Waals surface area contributed by atoms with Crippen LogP contribution in [0.1, 0.15) is 25.2 Å². The number of aryl methyl sites for hydroxylation is 1. The molecule has 1 fully saturated rings. The predicted molar refractivity (Wildman–Crippen MR) is 86.0 cm³/mol. The molecule has 2 heterocycles. The minimum atomic E-state index is -0.102. The molecule has 2 N–H and O–H groups in total.